The fraction of sp³-hybridized carbons (Fsp3) is 0.0408. The van der Waals surface area contributed by atoms with Gasteiger partial charge in [0.15, 0.2) is 0 Å². The lowest BCUT2D eigenvalue weighted by Crippen LogP contribution is -2.10. The van der Waals surface area contributed by atoms with Gasteiger partial charge in [0.05, 0.1) is 0 Å². The van der Waals surface area contributed by atoms with Crippen molar-refractivity contribution in [3.05, 3.63) is 205 Å². The minimum Gasteiger partial charge on any atom is -0.384 e. The number of nitrogens with two attached hydrogens (primary N) is 2. The average molecular weight is 672 g/mol. The summed E-state index contributed by atoms with van der Waals surface area (Å²) in [6.45, 7) is 2.60. The number of aryl methyl sites for hydroxylation is 1. The highest BCUT2D eigenvalue weighted by Crippen LogP contribution is 2.37. The van der Waals surface area contributed by atoms with Crippen LogP contribution in [0.15, 0.2) is 188 Å². The fourth-order valence-corrected chi connectivity index (χ4v) is 6.81. The Morgan fingerprint density at radius 2 is 0.885 bits per heavy atom. The van der Waals surface area contributed by atoms with Crippen molar-refractivity contribution in [2.75, 3.05) is 0 Å². The zero-order valence-electron chi connectivity index (χ0n) is 29.3. The number of hydrogen-bond acceptors (Lipinski definition) is 2. The summed E-state index contributed by atoms with van der Waals surface area (Å²) in [5.41, 5.74) is 19.5. The number of amidine groups is 1. The number of rotatable bonds is 4. The van der Waals surface area contributed by atoms with Gasteiger partial charge in [-0.15, -0.1) is 0 Å². The summed E-state index contributed by atoms with van der Waals surface area (Å²) in [5, 5.41) is 17.3. The lowest BCUT2D eigenvalue weighted by molar-refractivity contribution is 1.08. The number of nitrogens with one attached hydrogen (secondary N) is 1. The maximum atomic E-state index is 7.01. The molecule has 9 rings (SSSR count). The molecule has 0 radical (unpaired) electrons. The molecule has 0 bridgehead atoms. The van der Waals surface area contributed by atoms with E-state index < -0.39 is 0 Å². The summed E-state index contributed by atoms with van der Waals surface area (Å²) in [7, 11) is 0. The fourth-order valence-electron chi connectivity index (χ4n) is 6.81. The van der Waals surface area contributed by atoms with E-state index in [2.05, 4.69) is 146 Å². The first-order valence-corrected chi connectivity index (χ1v) is 17.6. The Labute approximate surface area is 305 Å². The molecule has 3 nitrogen and oxygen atoms in total. The molecule has 0 amide bonds. The molecule has 0 fully saturated rings. The largest absolute Gasteiger partial charge is 0.384 e. The van der Waals surface area contributed by atoms with Crippen LogP contribution >= 0.6 is 0 Å². The SMILES string of the molecule is Cc1ccccc1.N=C(N)c1ccccc1.NCc1cc2ccccc2cc1-c1ccc(-c2ccc3c4ccccc4c4ccccc4c3c2)cc1. The summed E-state index contributed by atoms with van der Waals surface area (Å²) >= 11 is 0. The van der Waals surface area contributed by atoms with Gasteiger partial charge in [0.1, 0.15) is 5.84 Å². The maximum Gasteiger partial charge on any atom is 0.122 e. The summed E-state index contributed by atoms with van der Waals surface area (Å²) in [4.78, 5) is 0. The Hall–Kier alpha value is -6.55. The Morgan fingerprint density at radius 1 is 0.442 bits per heavy atom. The molecule has 9 aromatic rings. The molecule has 9 aromatic carbocycles. The van der Waals surface area contributed by atoms with Crippen molar-refractivity contribution < 1.29 is 0 Å². The number of hydrogen-bond donors (Lipinski definition) is 3. The van der Waals surface area contributed by atoms with Crippen LogP contribution in [0.1, 0.15) is 16.7 Å². The second-order valence-electron chi connectivity index (χ2n) is 12.9. The van der Waals surface area contributed by atoms with Gasteiger partial charge in [-0.1, -0.05) is 175 Å². The quantitative estimate of drug-likeness (QED) is 0.0989. The van der Waals surface area contributed by atoms with Crippen molar-refractivity contribution in [1.29, 1.82) is 5.41 Å². The summed E-state index contributed by atoms with van der Waals surface area (Å²) in [6.07, 6.45) is 0. The molecule has 0 atom stereocenters. The molecule has 0 saturated heterocycles. The van der Waals surface area contributed by atoms with Crippen molar-refractivity contribution in [3.63, 3.8) is 0 Å². The van der Waals surface area contributed by atoms with Crippen LogP contribution in [-0.4, -0.2) is 5.84 Å². The van der Waals surface area contributed by atoms with E-state index >= 15 is 0 Å². The van der Waals surface area contributed by atoms with Crippen molar-refractivity contribution in [3.8, 4) is 22.3 Å². The van der Waals surface area contributed by atoms with Crippen LogP contribution in [0.25, 0.3) is 65.3 Å². The molecule has 252 valence electrons. The van der Waals surface area contributed by atoms with Gasteiger partial charge in [-0.3, -0.25) is 5.41 Å². The molecule has 5 N–H and O–H groups in total. The third kappa shape index (κ3) is 7.32. The highest BCUT2D eigenvalue weighted by Gasteiger charge is 2.11. The van der Waals surface area contributed by atoms with E-state index in [1.54, 1.807) is 0 Å². The minimum atomic E-state index is 0.121. The third-order valence-electron chi connectivity index (χ3n) is 9.49. The predicted octanol–water partition coefficient (Wildman–Crippen LogP) is 12.1. The highest BCUT2D eigenvalue weighted by molar-refractivity contribution is 6.25. The van der Waals surface area contributed by atoms with E-state index in [9.17, 15) is 0 Å². The third-order valence-corrected chi connectivity index (χ3v) is 9.49. The van der Waals surface area contributed by atoms with E-state index in [0.717, 1.165) is 5.56 Å². The van der Waals surface area contributed by atoms with Crippen LogP contribution in [0.5, 0.6) is 0 Å². The van der Waals surface area contributed by atoms with Gasteiger partial charge in [-0.05, 0) is 96.0 Å². The van der Waals surface area contributed by atoms with Crippen LogP contribution in [0, 0.1) is 12.3 Å². The maximum absolute atomic E-state index is 7.01. The Morgan fingerprint density at radius 3 is 1.38 bits per heavy atom. The number of nitrogen functional groups attached to an aromatic ring is 1. The molecule has 0 heterocycles. The standard InChI is InChI=1S/C35H25N.C7H8N2.C7H8/c36-22-28-19-25-7-1-2-8-26(25)20-34(28)24-15-13-23(14-16-24)27-17-18-33-31-11-4-3-9-29(31)30-10-5-6-12-32(30)35(33)21-27;8-7(9)6-4-2-1-3-5-6;1-7-5-3-2-4-6-7/h1-21H,22,36H2;1-5H,(H3,8,9);2-6H,1H3. The van der Waals surface area contributed by atoms with Crippen molar-refractivity contribution in [2.45, 2.75) is 13.5 Å². The summed E-state index contributed by atoms with van der Waals surface area (Å²) in [5.74, 6) is 0.121. The van der Waals surface area contributed by atoms with Crippen LogP contribution in [0.2, 0.25) is 0 Å². The lowest BCUT2D eigenvalue weighted by atomic mass is 9.91. The van der Waals surface area contributed by atoms with Crippen LogP contribution in [0.3, 0.4) is 0 Å². The Kier molecular flexibility index (Phi) is 10.1. The first-order valence-electron chi connectivity index (χ1n) is 17.6. The lowest BCUT2D eigenvalue weighted by Gasteiger charge is -2.13. The molecule has 3 heteroatoms. The van der Waals surface area contributed by atoms with Crippen LogP contribution < -0.4 is 11.5 Å². The monoisotopic (exact) mass is 671 g/mol. The summed E-state index contributed by atoms with van der Waals surface area (Å²) < 4.78 is 0. The van der Waals surface area contributed by atoms with Gasteiger partial charge in [-0.2, -0.15) is 0 Å². The molecular weight excluding hydrogens is 631 g/mol. The first kappa shape index (κ1) is 33.9. The van der Waals surface area contributed by atoms with Crippen molar-refractivity contribution in [1.82, 2.24) is 0 Å². The zero-order chi connectivity index (χ0) is 35.9. The molecule has 0 saturated carbocycles. The second-order valence-corrected chi connectivity index (χ2v) is 12.9. The number of benzene rings is 9. The van der Waals surface area contributed by atoms with Crippen LogP contribution in [0.4, 0.5) is 0 Å². The van der Waals surface area contributed by atoms with E-state index in [1.165, 1.54) is 76.5 Å². The molecule has 0 aliphatic heterocycles. The van der Waals surface area contributed by atoms with Gasteiger partial charge >= 0.3 is 0 Å². The minimum absolute atomic E-state index is 0.121. The van der Waals surface area contributed by atoms with Gasteiger partial charge in [0, 0.05) is 12.1 Å². The zero-order valence-corrected chi connectivity index (χ0v) is 29.3. The van der Waals surface area contributed by atoms with Gasteiger partial charge in [0.25, 0.3) is 0 Å². The molecule has 0 unspecified atom stereocenters. The van der Waals surface area contributed by atoms with Crippen LogP contribution in [-0.2, 0) is 6.54 Å². The van der Waals surface area contributed by atoms with E-state index in [0.29, 0.717) is 6.54 Å². The highest BCUT2D eigenvalue weighted by atomic mass is 14.7. The van der Waals surface area contributed by atoms with Gasteiger partial charge in [0.2, 0.25) is 0 Å². The number of fused-ring (bicyclic) bond motifs is 7. The Bertz CT molecular complexity index is 2590. The second kappa shape index (κ2) is 15.6. The smallest absolute Gasteiger partial charge is 0.122 e. The normalized spacial score (nSPS) is 10.7. The van der Waals surface area contributed by atoms with Gasteiger partial charge in [-0.25, -0.2) is 0 Å². The van der Waals surface area contributed by atoms with Crippen molar-refractivity contribution >= 4 is 48.9 Å². The van der Waals surface area contributed by atoms with E-state index in [-0.39, 0.29) is 5.84 Å². The molecule has 0 aromatic heterocycles. The van der Waals surface area contributed by atoms with E-state index in [4.69, 9.17) is 16.9 Å². The Balaban J connectivity index is 0.000000217. The van der Waals surface area contributed by atoms with Gasteiger partial charge < -0.3 is 11.5 Å². The topological polar surface area (TPSA) is 75.9 Å². The molecule has 0 aliphatic rings. The summed E-state index contributed by atoms with van der Waals surface area (Å²) in [6, 6.07) is 65.7. The molecule has 52 heavy (non-hydrogen) atoms. The molecular formula is C49H41N3. The first-order chi connectivity index (χ1) is 25.5. The molecule has 0 spiro atoms. The predicted molar refractivity (Wildman–Crippen MR) is 224 cm³/mol. The van der Waals surface area contributed by atoms with E-state index in [1.807, 2.05) is 48.5 Å². The average Bonchev–Trinajstić information content (AvgIpc) is 3.21. The van der Waals surface area contributed by atoms with Crippen molar-refractivity contribution in [2.24, 2.45) is 11.5 Å². The molecule has 0 aliphatic carbocycles.